The first-order valence-corrected chi connectivity index (χ1v) is 10.2. The second-order valence-corrected chi connectivity index (χ2v) is 7.71. The molecule has 2 aliphatic rings. The summed E-state index contributed by atoms with van der Waals surface area (Å²) in [6.45, 7) is 7.67. The molecule has 0 aromatic carbocycles. The van der Waals surface area contributed by atoms with Crippen molar-refractivity contribution in [1.29, 1.82) is 0 Å². The zero-order valence-corrected chi connectivity index (χ0v) is 16.6. The van der Waals surface area contributed by atoms with Crippen LogP contribution in [0, 0.1) is 5.92 Å². The summed E-state index contributed by atoms with van der Waals surface area (Å²) in [5, 5.41) is 3.98. The van der Waals surface area contributed by atoms with Crippen LogP contribution in [0.5, 0.6) is 5.75 Å². The predicted molar refractivity (Wildman–Crippen MR) is 106 cm³/mol. The van der Waals surface area contributed by atoms with Crippen molar-refractivity contribution < 1.29 is 9.26 Å². The van der Waals surface area contributed by atoms with E-state index in [9.17, 15) is 0 Å². The lowest BCUT2D eigenvalue weighted by atomic mass is 9.92. The Balaban J connectivity index is 1.28. The highest BCUT2D eigenvalue weighted by atomic mass is 16.5. The van der Waals surface area contributed by atoms with Gasteiger partial charge in [-0.15, -0.1) is 0 Å². The van der Waals surface area contributed by atoms with E-state index in [1.807, 2.05) is 6.92 Å². The van der Waals surface area contributed by atoms with Crippen LogP contribution in [0.3, 0.4) is 0 Å². The van der Waals surface area contributed by atoms with E-state index < -0.39 is 0 Å². The van der Waals surface area contributed by atoms with Crippen molar-refractivity contribution in [3.8, 4) is 5.75 Å². The summed E-state index contributed by atoms with van der Waals surface area (Å²) in [6.07, 6.45) is 7.46. The summed E-state index contributed by atoms with van der Waals surface area (Å²) in [7, 11) is 0. The molecule has 9 heteroatoms. The highest BCUT2D eigenvalue weighted by Gasteiger charge is 2.28. The van der Waals surface area contributed by atoms with Crippen molar-refractivity contribution in [2.24, 2.45) is 11.7 Å². The quantitative estimate of drug-likeness (QED) is 0.791. The topological polar surface area (TPSA) is 106 Å². The number of anilines is 2. The molecule has 0 radical (unpaired) electrons. The van der Waals surface area contributed by atoms with Crippen molar-refractivity contribution in [3.05, 3.63) is 18.2 Å². The predicted octanol–water partition coefficient (Wildman–Crippen LogP) is 1.64. The highest BCUT2D eigenvalue weighted by molar-refractivity contribution is 5.33. The van der Waals surface area contributed by atoms with E-state index in [1.54, 1.807) is 12.4 Å². The Kier molecular flexibility index (Phi) is 5.61. The monoisotopic (exact) mass is 387 g/mol. The number of rotatable bonds is 6. The number of nitrogens with two attached hydrogens (primary N) is 1. The van der Waals surface area contributed by atoms with Crippen LogP contribution in [-0.2, 0) is 6.42 Å². The van der Waals surface area contributed by atoms with Gasteiger partial charge < -0.3 is 24.8 Å². The Morgan fingerprint density at radius 2 is 1.89 bits per heavy atom. The Labute approximate surface area is 165 Å². The second kappa shape index (κ2) is 8.30. The summed E-state index contributed by atoms with van der Waals surface area (Å²) in [5.74, 6) is 2.67. The van der Waals surface area contributed by atoms with E-state index in [1.165, 1.54) is 0 Å². The lowest BCUT2D eigenvalue weighted by Gasteiger charge is -2.33. The summed E-state index contributed by atoms with van der Waals surface area (Å²) in [4.78, 5) is 17.6. The molecule has 0 aliphatic carbocycles. The molecule has 0 bridgehead atoms. The molecule has 4 rings (SSSR count). The Morgan fingerprint density at radius 3 is 2.50 bits per heavy atom. The highest BCUT2D eigenvalue weighted by Crippen LogP contribution is 2.27. The molecule has 2 aromatic rings. The minimum absolute atomic E-state index is 0.102. The zero-order chi connectivity index (χ0) is 19.5. The maximum absolute atomic E-state index is 6.12. The number of aromatic nitrogens is 4. The van der Waals surface area contributed by atoms with E-state index in [0.717, 1.165) is 63.6 Å². The minimum Gasteiger partial charge on any atom is -0.487 e. The van der Waals surface area contributed by atoms with Gasteiger partial charge in [0.1, 0.15) is 0 Å². The van der Waals surface area contributed by atoms with Crippen LogP contribution in [0.1, 0.15) is 38.9 Å². The fourth-order valence-electron chi connectivity index (χ4n) is 3.89. The normalized spacial score (nSPS) is 21.9. The van der Waals surface area contributed by atoms with Crippen molar-refractivity contribution in [1.82, 2.24) is 20.1 Å². The van der Waals surface area contributed by atoms with Crippen LogP contribution >= 0.6 is 0 Å². The van der Waals surface area contributed by atoms with E-state index in [2.05, 4.69) is 36.8 Å². The lowest BCUT2D eigenvalue weighted by Crippen LogP contribution is -2.38. The van der Waals surface area contributed by atoms with Crippen LogP contribution in [0.4, 0.5) is 12.0 Å². The minimum atomic E-state index is 0.102. The van der Waals surface area contributed by atoms with Gasteiger partial charge in [0, 0.05) is 38.6 Å². The molecule has 0 unspecified atom stereocenters. The number of ether oxygens (including phenoxy) is 1. The Bertz CT molecular complexity index is 758. The van der Waals surface area contributed by atoms with Gasteiger partial charge in [-0.2, -0.15) is 4.98 Å². The van der Waals surface area contributed by atoms with Crippen LogP contribution in [0.25, 0.3) is 0 Å². The first-order chi connectivity index (χ1) is 13.6. The van der Waals surface area contributed by atoms with Crippen molar-refractivity contribution in [2.45, 2.75) is 51.7 Å². The number of piperidine rings is 1. The summed E-state index contributed by atoms with van der Waals surface area (Å²) in [5.41, 5.74) is 5.96. The summed E-state index contributed by atoms with van der Waals surface area (Å²) in [6, 6.07) is 0.848. The second-order valence-electron chi connectivity index (χ2n) is 7.71. The smallest absolute Gasteiger partial charge is 0.324 e. The van der Waals surface area contributed by atoms with E-state index in [-0.39, 0.29) is 12.1 Å². The third kappa shape index (κ3) is 4.19. The first kappa shape index (κ1) is 18.9. The molecule has 2 fully saturated rings. The molecular formula is C19H29N7O2. The first-order valence-electron chi connectivity index (χ1n) is 10.2. The van der Waals surface area contributed by atoms with Crippen molar-refractivity contribution >= 4 is 12.0 Å². The van der Waals surface area contributed by atoms with Gasteiger partial charge in [0.2, 0.25) is 5.95 Å². The molecule has 4 heterocycles. The third-order valence-corrected chi connectivity index (χ3v) is 5.69. The van der Waals surface area contributed by atoms with Gasteiger partial charge in [-0.3, -0.25) is 0 Å². The summed E-state index contributed by atoms with van der Waals surface area (Å²) < 4.78 is 11.5. The molecule has 9 nitrogen and oxygen atoms in total. The Morgan fingerprint density at radius 1 is 1.18 bits per heavy atom. The van der Waals surface area contributed by atoms with Crippen molar-refractivity contribution in [2.75, 3.05) is 36.0 Å². The lowest BCUT2D eigenvalue weighted by molar-refractivity contribution is 0.131. The maximum atomic E-state index is 6.12. The SMILES string of the molecule is CCc1noc(N2CCC([C@H](C)Oc3cnc(N4CC[C@@H](N)C4)nc3)CC2)n1. The third-order valence-electron chi connectivity index (χ3n) is 5.69. The molecule has 2 aromatic heterocycles. The fourth-order valence-corrected chi connectivity index (χ4v) is 3.89. The molecular weight excluding hydrogens is 358 g/mol. The Hall–Kier alpha value is -2.42. The molecule has 2 atom stereocenters. The van der Waals surface area contributed by atoms with E-state index in [0.29, 0.717) is 17.7 Å². The summed E-state index contributed by atoms with van der Waals surface area (Å²) >= 11 is 0. The van der Waals surface area contributed by atoms with Gasteiger partial charge in [0.05, 0.1) is 18.5 Å². The standard InChI is InChI=1S/C19H29N7O2/c1-3-17-23-19(28-24-17)25-7-4-14(5-8-25)13(2)27-16-10-21-18(22-11-16)26-9-6-15(20)12-26/h10-11,13-15H,3-9,12,20H2,1-2H3/t13-,15+/m0/s1. The van der Waals surface area contributed by atoms with Crippen molar-refractivity contribution in [3.63, 3.8) is 0 Å². The molecule has 0 spiro atoms. The van der Waals surface area contributed by atoms with Gasteiger partial charge in [-0.1, -0.05) is 12.1 Å². The molecule has 152 valence electrons. The van der Waals surface area contributed by atoms with Gasteiger partial charge in [0.15, 0.2) is 11.6 Å². The van der Waals surface area contributed by atoms with Gasteiger partial charge in [-0.25, -0.2) is 9.97 Å². The molecule has 2 saturated heterocycles. The fraction of sp³-hybridized carbons (Fsp3) is 0.684. The molecule has 2 N–H and O–H groups in total. The number of nitrogens with zero attached hydrogens (tertiary/aromatic N) is 6. The van der Waals surface area contributed by atoms with Gasteiger partial charge >= 0.3 is 6.01 Å². The molecule has 0 saturated carbocycles. The van der Waals surface area contributed by atoms with E-state index in [4.69, 9.17) is 15.0 Å². The number of hydrogen-bond acceptors (Lipinski definition) is 9. The largest absolute Gasteiger partial charge is 0.487 e. The van der Waals surface area contributed by atoms with Crippen LogP contribution in [0.2, 0.25) is 0 Å². The van der Waals surface area contributed by atoms with E-state index >= 15 is 0 Å². The zero-order valence-electron chi connectivity index (χ0n) is 16.6. The average Bonchev–Trinajstić information content (AvgIpc) is 3.38. The van der Waals surface area contributed by atoms with Gasteiger partial charge in [0.25, 0.3) is 0 Å². The molecule has 28 heavy (non-hydrogen) atoms. The molecule has 0 amide bonds. The molecule has 2 aliphatic heterocycles. The van der Waals surface area contributed by atoms with Crippen LogP contribution in [0.15, 0.2) is 16.9 Å². The van der Waals surface area contributed by atoms with Gasteiger partial charge in [-0.05, 0) is 32.1 Å². The van der Waals surface area contributed by atoms with Crippen LogP contribution < -0.4 is 20.3 Å². The van der Waals surface area contributed by atoms with Crippen LogP contribution in [-0.4, -0.2) is 58.4 Å². The number of aryl methyl sites for hydroxylation is 1. The number of hydrogen-bond donors (Lipinski definition) is 1. The maximum Gasteiger partial charge on any atom is 0.324 e. The average molecular weight is 387 g/mol.